The molecule has 1 fully saturated rings. The number of hydrazine groups is 1. The maximum Gasteiger partial charge on any atom is 0.145 e. The first-order valence-corrected chi connectivity index (χ1v) is 7.85. The van der Waals surface area contributed by atoms with Crippen LogP contribution in [0.25, 0.3) is 0 Å². The fourth-order valence-electron chi connectivity index (χ4n) is 3.01. The van der Waals surface area contributed by atoms with Crippen molar-refractivity contribution in [3.05, 3.63) is 11.9 Å². The lowest BCUT2D eigenvalue weighted by molar-refractivity contribution is 0.295. The molecule has 3 unspecified atom stereocenters. The highest BCUT2D eigenvalue weighted by molar-refractivity contribution is 5.50. The SMILES string of the molecule is CC1CC(C)C(C)N(c2cc(NN)nc(C(C)(C)C)n2)C1. The van der Waals surface area contributed by atoms with Gasteiger partial charge >= 0.3 is 0 Å². The van der Waals surface area contributed by atoms with Crippen molar-refractivity contribution in [2.24, 2.45) is 17.7 Å². The monoisotopic (exact) mass is 291 g/mol. The molecule has 2 rings (SSSR count). The van der Waals surface area contributed by atoms with Gasteiger partial charge in [-0.05, 0) is 25.2 Å². The van der Waals surface area contributed by atoms with Gasteiger partial charge in [0, 0.05) is 24.1 Å². The van der Waals surface area contributed by atoms with Crippen LogP contribution in [0.5, 0.6) is 0 Å². The van der Waals surface area contributed by atoms with Gasteiger partial charge in [-0.25, -0.2) is 15.8 Å². The van der Waals surface area contributed by atoms with Gasteiger partial charge in [0.2, 0.25) is 0 Å². The predicted molar refractivity (Wildman–Crippen MR) is 88.3 cm³/mol. The van der Waals surface area contributed by atoms with Crippen LogP contribution in [0.4, 0.5) is 11.6 Å². The number of rotatable bonds is 2. The van der Waals surface area contributed by atoms with Crippen LogP contribution in [0, 0.1) is 11.8 Å². The Hall–Kier alpha value is -1.36. The minimum atomic E-state index is -0.0993. The molecule has 118 valence electrons. The van der Waals surface area contributed by atoms with Crippen LogP contribution < -0.4 is 16.2 Å². The van der Waals surface area contributed by atoms with Crippen LogP contribution in [0.3, 0.4) is 0 Å². The largest absolute Gasteiger partial charge is 0.353 e. The molecule has 5 nitrogen and oxygen atoms in total. The van der Waals surface area contributed by atoms with E-state index < -0.39 is 0 Å². The number of piperidine rings is 1. The zero-order chi connectivity index (χ0) is 15.8. The number of hydrogen-bond acceptors (Lipinski definition) is 5. The van der Waals surface area contributed by atoms with E-state index in [-0.39, 0.29) is 5.41 Å². The number of nitrogens with zero attached hydrogens (tertiary/aromatic N) is 3. The molecule has 5 heteroatoms. The second-order valence-electron chi connectivity index (χ2n) is 7.54. The number of nitrogens with one attached hydrogen (secondary N) is 1. The topological polar surface area (TPSA) is 67.1 Å². The van der Waals surface area contributed by atoms with E-state index in [1.165, 1.54) is 6.42 Å². The molecule has 0 bridgehead atoms. The normalized spacial score (nSPS) is 26.8. The quantitative estimate of drug-likeness (QED) is 0.648. The lowest BCUT2D eigenvalue weighted by Gasteiger charge is -2.42. The van der Waals surface area contributed by atoms with E-state index in [0.717, 1.165) is 18.2 Å². The highest BCUT2D eigenvalue weighted by Gasteiger charge is 2.31. The van der Waals surface area contributed by atoms with Crippen LogP contribution in [0.15, 0.2) is 6.07 Å². The van der Waals surface area contributed by atoms with Gasteiger partial charge in [0.15, 0.2) is 0 Å². The summed E-state index contributed by atoms with van der Waals surface area (Å²) in [7, 11) is 0. The summed E-state index contributed by atoms with van der Waals surface area (Å²) in [5.74, 6) is 9.42. The summed E-state index contributed by atoms with van der Waals surface area (Å²) in [6.07, 6.45) is 1.27. The molecule has 0 aliphatic carbocycles. The molecule has 3 atom stereocenters. The number of hydrogen-bond donors (Lipinski definition) is 2. The lowest BCUT2D eigenvalue weighted by Crippen LogP contribution is -2.46. The molecule has 1 aliphatic heterocycles. The number of aromatic nitrogens is 2. The summed E-state index contributed by atoms with van der Waals surface area (Å²) in [6.45, 7) is 14.3. The van der Waals surface area contributed by atoms with Gasteiger partial charge in [-0.2, -0.15) is 0 Å². The third-order valence-electron chi connectivity index (χ3n) is 4.42. The van der Waals surface area contributed by atoms with E-state index in [1.54, 1.807) is 0 Å². The summed E-state index contributed by atoms with van der Waals surface area (Å²) in [4.78, 5) is 11.7. The first-order valence-electron chi connectivity index (χ1n) is 7.85. The Bertz CT molecular complexity index is 494. The Labute approximate surface area is 128 Å². The van der Waals surface area contributed by atoms with Crippen molar-refractivity contribution < 1.29 is 0 Å². The average molecular weight is 291 g/mol. The molecular formula is C16H29N5. The highest BCUT2D eigenvalue weighted by atomic mass is 15.3. The van der Waals surface area contributed by atoms with Crippen LogP contribution in [0.1, 0.15) is 53.8 Å². The fraction of sp³-hybridized carbons (Fsp3) is 0.750. The molecule has 1 aliphatic rings. The Morgan fingerprint density at radius 1 is 1.24 bits per heavy atom. The summed E-state index contributed by atoms with van der Waals surface area (Å²) < 4.78 is 0. The van der Waals surface area contributed by atoms with E-state index >= 15 is 0 Å². The van der Waals surface area contributed by atoms with E-state index in [4.69, 9.17) is 10.8 Å². The van der Waals surface area contributed by atoms with Crippen molar-refractivity contribution in [2.75, 3.05) is 16.9 Å². The summed E-state index contributed by atoms with van der Waals surface area (Å²) >= 11 is 0. The van der Waals surface area contributed by atoms with E-state index in [1.807, 2.05) is 6.07 Å². The Balaban J connectivity index is 2.42. The molecule has 1 saturated heterocycles. The van der Waals surface area contributed by atoms with Gasteiger partial charge in [-0.1, -0.05) is 34.6 Å². The standard InChI is InChI=1S/C16H29N5/c1-10-7-11(2)12(3)21(9-10)14-8-13(20-17)18-15(19-14)16(4,5)6/h8,10-12H,7,9,17H2,1-6H3,(H,18,19,20). The molecule has 1 aromatic rings. The van der Waals surface area contributed by atoms with Crippen molar-refractivity contribution >= 4 is 11.6 Å². The van der Waals surface area contributed by atoms with Crippen molar-refractivity contribution in [2.45, 2.75) is 59.4 Å². The van der Waals surface area contributed by atoms with Gasteiger partial charge in [0.25, 0.3) is 0 Å². The van der Waals surface area contributed by atoms with Crippen LogP contribution in [-0.4, -0.2) is 22.6 Å². The maximum absolute atomic E-state index is 5.59. The van der Waals surface area contributed by atoms with Gasteiger partial charge in [-0.15, -0.1) is 0 Å². The number of anilines is 2. The number of nitrogens with two attached hydrogens (primary N) is 1. The molecule has 3 N–H and O–H groups in total. The van der Waals surface area contributed by atoms with Crippen molar-refractivity contribution in [1.29, 1.82) is 0 Å². The first kappa shape index (κ1) is 16.0. The van der Waals surface area contributed by atoms with Gasteiger partial charge in [0.1, 0.15) is 17.5 Å². The van der Waals surface area contributed by atoms with Crippen molar-refractivity contribution in [3.63, 3.8) is 0 Å². The minimum absolute atomic E-state index is 0.0993. The lowest BCUT2D eigenvalue weighted by atomic mass is 9.86. The predicted octanol–water partition coefficient (Wildman–Crippen LogP) is 2.93. The smallest absolute Gasteiger partial charge is 0.145 e. The minimum Gasteiger partial charge on any atom is -0.353 e. The zero-order valence-electron chi connectivity index (χ0n) is 14.1. The molecule has 21 heavy (non-hydrogen) atoms. The number of nitrogen functional groups attached to an aromatic ring is 1. The van der Waals surface area contributed by atoms with Crippen molar-refractivity contribution in [3.8, 4) is 0 Å². The van der Waals surface area contributed by atoms with Gasteiger partial charge in [-0.3, -0.25) is 0 Å². The van der Waals surface area contributed by atoms with Crippen LogP contribution in [-0.2, 0) is 5.41 Å². The molecule has 0 amide bonds. The summed E-state index contributed by atoms with van der Waals surface area (Å²) in [6, 6.07) is 2.44. The Kier molecular flexibility index (Phi) is 4.42. The van der Waals surface area contributed by atoms with Gasteiger partial charge in [0.05, 0.1) is 0 Å². The van der Waals surface area contributed by atoms with Crippen molar-refractivity contribution in [1.82, 2.24) is 9.97 Å². The van der Waals surface area contributed by atoms with E-state index in [2.05, 4.69) is 56.9 Å². The molecular weight excluding hydrogens is 262 g/mol. The Morgan fingerprint density at radius 3 is 2.48 bits per heavy atom. The molecule has 0 aromatic carbocycles. The molecule has 0 saturated carbocycles. The summed E-state index contributed by atoms with van der Waals surface area (Å²) in [5, 5.41) is 0. The molecule has 0 spiro atoms. The summed E-state index contributed by atoms with van der Waals surface area (Å²) in [5.41, 5.74) is 2.58. The van der Waals surface area contributed by atoms with E-state index in [9.17, 15) is 0 Å². The Morgan fingerprint density at radius 2 is 1.90 bits per heavy atom. The van der Waals surface area contributed by atoms with Gasteiger partial charge < -0.3 is 10.3 Å². The molecule has 0 radical (unpaired) electrons. The second-order valence-corrected chi connectivity index (χ2v) is 7.54. The molecule has 1 aromatic heterocycles. The highest BCUT2D eigenvalue weighted by Crippen LogP contribution is 2.32. The van der Waals surface area contributed by atoms with E-state index in [0.29, 0.717) is 23.7 Å². The van der Waals surface area contributed by atoms with Crippen LogP contribution in [0.2, 0.25) is 0 Å². The zero-order valence-corrected chi connectivity index (χ0v) is 14.1. The third-order valence-corrected chi connectivity index (χ3v) is 4.42. The average Bonchev–Trinajstić information content (AvgIpc) is 2.41. The fourth-order valence-corrected chi connectivity index (χ4v) is 3.01. The van der Waals surface area contributed by atoms with Crippen LogP contribution >= 0.6 is 0 Å². The maximum atomic E-state index is 5.59. The molecule has 2 heterocycles. The first-order chi connectivity index (χ1) is 9.72. The second kappa shape index (κ2) is 5.79. The third kappa shape index (κ3) is 3.46.